The Hall–Kier alpha value is -0.740. The van der Waals surface area contributed by atoms with Crippen LogP contribution in [0.25, 0.3) is 0 Å². The minimum Gasteiger partial charge on any atom is -0.489 e. The Balaban J connectivity index is 0.00000312. The molecule has 0 spiro atoms. The van der Waals surface area contributed by atoms with E-state index < -0.39 is 5.60 Å². The molecular weight excluding hydrogens is 456 g/mol. The van der Waals surface area contributed by atoms with Crippen molar-refractivity contribution >= 4 is 41.7 Å². The number of nitrogens with one attached hydrogen (secondary N) is 2. The van der Waals surface area contributed by atoms with Gasteiger partial charge >= 0.3 is 0 Å². The SMILES string of the molecule is CCNC(=NCC1(O)CCSC1)NCC(C)Oc1ccc(F)cc1.I. The summed E-state index contributed by atoms with van der Waals surface area (Å²) in [5.74, 6) is 2.73. The molecule has 0 aromatic heterocycles. The van der Waals surface area contributed by atoms with Gasteiger partial charge in [-0.3, -0.25) is 4.99 Å². The van der Waals surface area contributed by atoms with Crippen LogP contribution in [-0.2, 0) is 0 Å². The largest absolute Gasteiger partial charge is 0.489 e. The van der Waals surface area contributed by atoms with Crippen LogP contribution in [-0.4, -0.2) is 53.9 Å². The summed E-state index contributed by atoms with van der Waals surface area (Å²) >= 11 is 1.76. The van der Waals surface area contributed by atoms with Gasteiger partial charge in [0.05, 0.1) is 18.7 Å². The van der Waals surface area contributed by atoms with Crippen molar-refractivity contribution < 1.29 is 14.2 Å². The fourth-order valence-electron chi connectivity index (χ4n) is 2.32. The summed E-state index contributed by atoms with van der Waals surface area (Å²) in [4.78, 5) is 4.48. The first-order valence-electron chi connectivity index (χ1n) is 8.25. The monoisotopic (exact) mass is 483 g/mol. The number of hydrogen-bond acceptors (Lipinski definition) is 4. The maximum Gasteiger partial charge on any atom is 0.191 e. The molecule has 0 saturated carbocycles. The first-order valence-corrected chi connectivity index (χ1v) is 9.41. The lowest BCUT2D eigenvalue weighted by Gasteiger charge is -2.21. The molecule has 0 bridgehead atoms. The van der Waals surface area contributed by atoms with E-state index in [1.165, 1.54) is 12.1 Å². The fraction of sp³-hybridized carbons (Fsp3) is 0.588. The number of ether oxygens (including phenoxy) is 1. The van der Waals surface area contributed by atoms with Gasteiger partial charge in [0, 0.05) is 12.3 Å². The predicted molar refractivity (Wildman–Crippen MR) is 113 cm³/mol. The molecule has 3 N–H and O–H groups in total. The summed E-state index contributed by atoms with van der Waals surface area (Å²) in [7, 11) is 0. The number of aliphatic imine (C=N–C) groups is 1. The van der Waals surface area contributed by atoms with Crippen LogP contribution in [0.15, 0.2) is 29.3 Å². The molecule has 0 amide bonds. The first-order chi connectivity index (χ1) is 11.5. The van der Waals surface area contributed by atoms with Gasteiger partial charge in [-0.25, -0.2) is 4.39 Å². The van der Waals surface area contributed by atoms with Gasteiger partial charge in [0.25, 0.3) is 0 Å². The highest BCUT2D eigenvalue weighted by atomic mass is 127. The summed E-state index contributed by atoms with van der Waals surface area (Å²) in [6.45, 7) is 5.61. The maximum atomic E-state index is 12.9. The number of benzene rings is 1. The molecule has 1 aliphatic heterocycles. The quantitative estimate of drug-likeness (QED) is 0.316. The third-order valence-corrected chi connectivity index (χ3v) is 4.90. The van der Waals surface area contributed by atoms with Crippen molar-refractivity contribution in [1.82, 2.24) is 10.6 Å². The molecule has 25 heavy (non-hydrogen) atoms. The van der Waals surface area contributed by atoms with E-state index in [4.69, 9.17) is 4.74 Å². The number of halogens is 2. The minimum atomic E-state index is -0.691. The molecule has 0 aliphatic carbocycles. The Morgan fingerprint density at radius 1 is 1.40 bits per heavy atom. The predicted octanol–water partition coefficient (Wildman–Crippen LogP) is 2.63. The van der Waals surface area contributed by atoms with Crippen LogP contribution in [0.2, 0.25) is 0 Å². The number of hydrogen-bond donors (Lipinski definition) is 3. The zero-order valence-corrected chi connectivity index (χ0v) is 17.8. The standard InChI is InChI=1S/C17H26FN3O2S.HI/c1-3-19-16(21-11-17(22)8-9-24-12-17)20-10-13(2)23-15-6-4-14(18)5-7-15;/h4-7,13,22H,3,8-12H2,1-2H3,(H2,19,20,21);1H. The van der Waals surface area contributed by atoms with Crippen molar-refractivity contribution in [3.8, 4) is 5.75 Å². The Morgan fingerprint density at radius 3 is 2.72 bits per heavy atom. The van der Waals surface area contributed by atoms with Gasteiger partial charge < -0.3 is 20.5 Å². The second-order valence-electron chi connectivity index (χ2n) is 5.99. The third-order valence-electron chi connectivity index (χ3n) is 3.67. The molecule has 1 fully saturated rings. The molecule has 2 unspecified atom stereocenters. The Bertz CT molecular complexity index is 539. The zero-order chi connectivity index (χ0) is 17.4. The number of thioether (sulfide) groups is 1. The van der Waals surface area contributed by atoms with Crippen LogP contribution in [0, 0.1) is 5.82 Å². The number of aliphatic hydroxyl groups is 1. The van der Waals surface area contributed by atoms with Crippen LogP contribution >= 0.6 is 35.7 Å². The van der Waals surface area contributed by atoms with Crippen molar-refractivity contribution in [2.24, 2.45) is 4.99 Å². The third kappa shape index (κ3) is 8.00. The van der Waals surface area contributed by atoms with Gasteiger partial charge in [-0.1, -0.05) is 0 Å². The Labute approximate surface area is 170 Å². The lowest BCUT2D eigenvalue weighted by Crippen LogP contribution is -2.43. The molecule has 0 radical (unpaired) electrons. The Kier molecular flexibility index (Phi) is 9.88. The summed E-state index contributed by atoms with van der Waals surface area (Å²) < 4.78 is 18.6. The topological polar surface area (TPSA) is 65.9 Å². The first kappa shape index (κ1) is 22.3. The van der Waals surface area contributed by atoms with Crippen LogP contribution in [0.5, 0.6) is 5.75 Å². The van der Waals surface area contributed by atoms with Crippen LogP contribution < -0.4 is 15.4 Å². The molecular formula is C17H27FIN3O2S. The van der Waals surface area contributed by atoms with E-state index in [0.29, 0.717) is 24.8 Å². The highest BCUT2D eigenvalue weighted by Crippen LogP contribution is 2.27. The van der Waals surface area contributed by atoms with Crippen LogP contribution in [0.4, 0.5) is 4.39 Å². The summed E-state index contributed by atoms with van der Waals surface area (Å²) in [5.41, 5.74) is -0.691. The normalized spacial score (nSPS) is 21.4. The molecule has 1 saturated heterocycles. The number of rotatable bonds is 7. The van der Waals surface area contributed by atoms with Crippen molar-refractivity contribution in [3.63, 3.8) is 0 Å². The molecule has 2 rings (SSSR count). The van der Waals surface area contributed by atoms with E-state index >= 15 is 0 Å². The van der Waals surface area contributed by atoms with Crippen LogP contribution in [0.3, 0.4) is 0 Å². The molecule has 1 aromatic carbocycles. The van der Waals surface area contributed by atoms with Crippen LogP contribution in [0.1, 0.15) is 20.3 Å². The maximum absolute atomic E-state index is 12.9. The lowest BCUT2D eigenvalue weighted by molar-refractivity contribution is 0.0778. The van der Waals surface area contributed by atoms with E-state index in [2.05, 4.69) is 15.6 Å². The average Bonchev–Trinajstić information content (AvgIpc) is 2.99. The van der Waals surface area contributed by atoms with E-state index in [9.17, 15) is 9.50 Å². The Morgan fingerprint density at radius 2 is 2.12 bits per heavy atom. The number of nitrogens with zero attached hydrogens (tertiary/aromatic N) is 1. The zero-order valence-electron chi connectivity index (χ0n) is 14.6. The lowest BCUT2D eigenvalue weighted by atomic mass is 10.1. The van der Waals surface area contributed by atoms with Gasteiger partial charge in [0.15, 0.2) is 5.96 Å². The van der Waals surface area contributed by atoms with Gasteiger partial charge in [-0.2, -0.15) is 11.8 Å². The van der Waals surface area contributed by atoms with Crippen molar-refractivity contribution in [2.75, 3.05) is 31.1 Å². The van der Waals surface area contributed by atoms with E-state index in [0.717, 1.165) is 24.5 Å². The smallest absolute Gasteiger partial charge is 0.191 e. The highest BCUT2D eigenvalue weighted by Gasteiger charge is 2.31. The molecule has 142 valence electrons. The van der Waals surface area contributed by atoms with Crippen molar-refractivity contribution in [3.05, 3.63) is 30.1 Å². The van der Waals surface area contributed by atoms with Gasteiger partial charge in [-0.15, -0.1) is 24.0 Å². The number of guanidine groups is 1. The second kappa shape index (κ2) is 11.1. The molecule has 8 heteroatoms. The molecule has 1 heterocycles. The molecule has 1 aromatic rings. The van der Waals surface area contributed by atoms with Crippen molar-refractivity contribution in [1.29, 1.82) is 0 Å². The second-order valence-corrected chi connectivity index (χ2v) is 7.09. The van der Waals surface area contributed by atoms with Gasteiger partial charge in [0.1, 0.15) is 17.7 Å². The fourth-order valence-corrected chi connectivity index (χ4v) is 3.60. The minimum absolute atomic E-state index is 0. The molecule has 5 nitrogen and oxygen atoms in total. The van der Waals surface area contributed by atoms with E-state index in [-0.39, 0.29) is 35.9 Å². The van der Waals surface area contributed by atoms with Crippen molar-refractivity contribution in [2.45, 2.75) is 32.0 Å². The van der Waals surface area contributed by atoms with E-state index in [1.807, 2.05) is 13.8 Å². The summed E-state index contributed by atoms with van der Waals surface area (Å²) in [5, 5.41) is 16.7. The average molecular weight is 483 g/mol. The highest BCUT2D eigenvalue weighted by molar-refractivity contribution is 14.0. The summed E-state index contributed by atoms with van der Waals surface area (Å²) in [6.07, 6.45) is 0.675. The van der Waals surface area contributed by atoms with E-state index in [1.54, 1.807) is 23.9 Å². The summed E-state index contributed by atoms with van der Waals surface area (Å²) in [6, 6.07) is 5.97. The van der Waals surface area contributed by atoms with Gasteiger partial charge in [0.2, 0.25) is 0 Å². The molecule has 2 atom stereocenters. The van der Waals surface area contributed by atoms with Gasteiger partial charge in [-0.05, 0) is 50.3 Å². The molecule has 1 aliphatic rings.